The van der Waals surface area contributed by atoms with Gasteiger partial charge < -0.3 is 10.6 Å². The number of nitrogens with zero attached hydrogens (tertiary/aromatic N) is 3. The van der Waals surface area contributed by atoms with E-state index in [-0.39, 0.29) is 11.7 Å². The van der Waals surface area contributed by atoms with Crippen molar-refractivity contribution >= 4 is 28.4 Å². The molecule has 2 N–H and O–H groups in total. The minimum atomic E-state index is -0.260. The summed E-state index contributed by atoms with van der Waals surface area (Å²) in [5, 5.41) is 6.38. The van der Waals surface area contributed by atoms with Gasteiger partial charge in [0.25, 0.3) is 5.91 Å². The number of rotatable bonds is 6. The maximum Gasteiger partial charge on any atom is 0.251 e. The largest absolute Gasteiger partial charge is 0.363 e. The van der Waals surface area contributed by atoms with Gasteiger partial charge in [0, 0.05) is 23.7 Å². The normalized spacial score (nSPS) is 13.3. The molecule has 0 aliphatic heterocycles. The van der Waals surface area contributed by atoms with Crippen LogP contribution < -0.4 is 10.6 Å². The van der Waals surface area contributed by atoms with E-state index in [1.54, 1.807) is 12.1 Å². The molecule has 3 aromatic carbocycles. The average Bonchev–Trinajstić information content (AvgIpc) is 3.57. The Morgan fingerprint density at radius 1 is 1.00 bits per heavy atom. The highest BCUT2D eigenvalue weighted by atomic mass is 19.1. The molecule has 1 amide bonds. The smallest absolute Gasteiger partial charge is 0.251 e. The van der Waals surface area contributed by atoms with E-state index in [1.807, 2.05) is 54.7 Å². The second-order valence-electron chi connectivity index (χ2n) is 8.56. The Labute approximate surface area is 195 Å². The Morgan fingerprint density at radius 2 is 1.76 bits per heavy atom. The molecule has 5 aromatic rings. The van der Waals surface area contributed by atoms with Gasteiger partial charge in [-0.1, -0.05) is 36.4 Å². The van der Waals surface area contributed by atoms with E-state index in [4.69, 9.17) is 4.98 Å². The fourth-order valence-electron chi connectivity index (χ4n) is 4.08. The molecule has 1 saturated carbocycles. The maximum atomic E-state index is 13.3. The topological polar surface area (TPSA) is 71.3 Å². The first-order chi connectivity index (χ1) is 16.7. The van der Waals surface area contributed by atoms with Gasteiger partial charge >= 0.3 is 0 Å². The van der Waals surface area contributed by atoms with Crippen molar-refractivity contribution in [1.82, 2.24) is 19.7 Å². The Kier molecular flexibility index (Phi) is 4.95. The van der Waals surface area contributed by atoms with Crippen molar-refractivity contribution in [2.45, 2.75) is 25.4 Å². The van der Waals surface area contributed by atoms with Crippen molar-refractivity contribution in [3.63, 3.8) is 0 Å². The summed E-state index contributed by atoms with van der Waals surface area (Å²) in [4.78, 5) is 21.8. The van der Waals surface area contributed by atoms with Gasteiger partial charge in [0.2, 0.25) is 0 Å². The van der Waals surface area contributed by atoms with E-state index in [0.717, 1.165) is 40.7 Å². The molecule has 2 aromatic heterocycles. The third kappa shape index (κ3) is 3.85. The molecular formula is C27H22FN5O. The second-order valence-corrected chi connectivity index (χ2v) is 8.56. The summed E-state index contributed by atoms with van der Waals surface area (Å²) in [7, 11) is 0. The number of nitrogens with one attached hydrogen (secondary N) is 2. The van der Waals surface area contributed by atoms with E-state index in [0.29, 0.717) is 29.6 Å². The molecule has 7 heteroatoms. The van der Waals surface area contributed by atoms with Crippen molar-refractivity contribution in [2.24, 2.45) is 0 Å². The highest BCUT2D eigenvalue weighted by Crippen LogP contribution is 2.29. The zero-order valence-corrected chi connectivity index (χ0v) is 18.3. The molecule has 1 aliphatic rings. The SMILES string of the molecule is O=C(NC1CC1)c1ccc(-c2cnc3c(NCc4ccc(F)cc4)nc4ccccc4n23)cc1. The molecule has 6 rings (SSSR count). The van der Waals surface area contributed by atoms with Crippen LogP contribution in [0.5, 0.6) is 0 Å². The van der Waals surface area contributed by atoms with Gasteiger partial charge in [-0.25, -0.2) is 14.4 Å². The molecule has 0 saturated heterocycles. The van der Waals surface area contributed by atoms with Crippen molar-refractivity contribution in [3.05, 3.63) is 95.9 Å². The molecule has 0 atom stereocenters. The first kappa shape index (κ1) is 20.4. The minimum absolute atomic E-state index is 0.0332. The summed E-state index contributed by atoms with van der Waals surface area (Å²) >= 11 is 0. The lowest BCUT2D eigenvalue weighted by atomic mass is 10.1. The molecule has 34 heavy (non-hydrogen) atoms. The molecule has 0 spiro atoms. The third-order valence-electron chi connectivity index (χ3n) is 6.06. The lowest BCUT2D eigenvalue weighted by molar-refractivity contribution is 0.0951. The number of aromatic nitrogens is 3. The van der Waals surface area contributed by atoms with Crippen LogP contribution in [-0.2, 0) is 6.54 Å². The summed E-state index contributed by atoms with van der Waals surface area (Å²) in [6, 6.07) is 22.2. The summed E-state index contributed by atoms with van der Waals surface area (Å²) in [5.74, 6) is 0.354. The quantitative estimate of drug-likeness (QED) is 0.373. The zero-order chi connectivity index (χ0) is 23.1. The van der Waals surface area contributed by atoms with E-state index in [2.05, 4.69) is 20.0 Å². The number of carbonyl (C=O) groups is 1. The van der Waals surface area contributed by atoms with Crippen molar-refractivity contribution in [3.8, 4) is 11.3 Å². The van der Waals surface area contributed by atoms with Crippen LogP contribution in [0.1, 0.15) is 28.8 Å². The van der Waals surface area contributed by atoms with Crippen LogP contribution in [0, 0.1) is 5.82 Å². The summed E-state index contributed by atoms with van der Waals surface area (Å²) in [6.45, 7) is 0.494. The number of amides is 1. The van der Waals surface area contributed by atoms with Crippen LogP contribution in [0.15, 0.2) is 79.0 Å². The van der Waals surface area contributed by atoms with Crippen LogP contribution in [-0.4, -0.2) is 26.3 Å². The van der Waals surface area contributed by atoms with Crippen LogP contribution in [0.2, 0.25) is 0 Å². The van der Waals surface area contributed by atoms with Gasteiger partial charge in [-0.15, -0.1) is 0 Å². The molecule has 0 unspecified atom stereocenters. The van der Waals surface area contributed by atoms with E-state index in [9.17, 15) is 9.18 Å². The molecule has 0 radical (unpaired) electrons. The number of fused-ring (bicyclic) bond motifs is 3. The second kappa shape index (κ2) is 8.26. The molecule has 2 heterocycles. The summed E-state index contributed by atoms with van der Waals surface area (Å²) < 4.78 is 15.3. The predicted molar refractivity (Wildman–Crippen MR) is 130 cm³/mol. The highest BCUT2D eigenvalue weighted by molar-refractivity contribution is 5.95. The highest BCUT2D eigenvalue weighted by Gasteiger charge is 2.23. The van der Waals surface area contributed by atoms with Crippen molar-refractivity contribution in [1.29, 1.82) is 0 Å². The number of halogens is 1. The zero-order valence-electron chi connectivity index (χ0n) is 18.3. The first-order valence-electron chi connectivity index (χ1n) is 11.3. The summed E-state index contributed by atoms with van der Waals surface area (Å²) in [6.07, 6.45) is 3.94. The van der Waals surface area contributed by atoms with Crippen LogP contribution in [0.4, 0.5) is 10.2 Å². The Hall–Kier alpha value is -4.26. The van der Waals surface area contributed by atoms with E-state index >= 15 is 0 Å². The third-order valence-corrected chi connectivity index (χ3v) is 6.06. The van der Waals surface area contributed by atoms with Gasteiger partial charge in [0.1, 0.15) is 5.82 Å². The monoisotopic (exact) mass is 451 g/mol. The van der Waals surface area contributed by atoms with Gasteiger partial charge in [0.05, 0.1) is 22.9 Å². The average molecular weight is 452 g/mol. The molecule has 1 aliphatic carbocycles. The Morgan fingerprint density at radius 3 is 2.53 bits per heavy atom. The number of anilines is 1. The van der Waals surface area contributed by atoms with E-state index in [1.165, 1.54) is 12.1 Å². The maximum absolute atomic E-state index is 13.3. The van der Waals surface area contributed by atoms with Crippen molar-refractivity contribution < 1.29 is 9.18 Å². The van der Waals surface area contributed by atoms with Gasteiger partial charge in [-0.05, 0) is 54.8 Å². The number of hydrogen-bond donors (Lipinski definition) is 2. The lowest BCUT2D eigenvalue weighted by Gasteiger charge is -2.12. The molecule has 0 bridgehead atoms. The number of imidazole rings is 1. The molecule has 6 nitrogen and oxygen atoms in total. The van der Waals surface area contributed by atoms with Crippen LogP contribution >= 0.6 is 0 Å². The molecular weight excluding hydrogens is 429 g/mol. The molecule has 1 fully saturated rings. The van der Waals surface area contributed by atoms with Crippen molar-refractivity contribution in [2.75, 3.05) is 5.32 Å². The molecule has 168 valence electrons. The van der Waals surface area contributed by atoms with E-state index < -0.39 is 0 Å². The van der Waals surface area contributed by atoms with Gasteiger partial charge in [-0.2, -0.15) is 0 Å². The number of hydrogen-bond acceptors (Lipinski definition) is 4. The first-order valence-corrected chi connectivity index (χ1v) is 11.3. The minimum Gasteiger partial charge on any atom is -0.363 e. The summed E-state index contributed by atoms with van der Waals surface area (Å²) in [5.41, 5.74) is 5.93. The lowest BCUT2D eigenvalue weighted by Crippen LogP contribution is -2.25. The Bertz CT molecular complexity index is 1500. The van der Waals surface area contributed by atoms with Crippen LogP contribution in [0.25, 0.3) is 27.9 Å². The number of benzene rings is 3. The number of para-hydroxylation sites is 2. The predicted octanol–water partition coefficient (Wildman–Crippen LogP) is 5.19. The van der Waals surface area contributed by atoms with Gasteiger partial charge in [-0.3, -0.25) is 9.20 Å². The number of carbonyl (C=O) groups excluding carboxylic acids is 1. The fraction of sp³-hybridized carbons (Fsp3) is 0.148. The Balaban J connectivity index is 1.38. The van der Waals surface area contributed by atoms with Gasteiger partial charge in [0.15, 0.2) is 11.5 Å². The fourth-order valence-corrected chi connectivity index (χ4v) is 4.08. The van der Waals surface area contributed by atoms with Crippen LogP contribution in [0.3, 0.4) is 0 Å². The standard InChI is InChI=1S/C27H22FN5O/c28-20-11-5-17(6-12-20)15-29-25-26-30-16-24(33(26)23-4-2-1-3-22(23)32-25)18-7-9-19(10-8-18)27(34)31-21-13-14-21/h1-12,16,21H,13-15H2,(H,29,32)(H,31,34).